The number of hydrogen-bond acceptors (Lipinski definition) is 3. The van der Waals surface area contributed by atoms with Crippen LogP contribution in [-0.2, 0) is 0 Å². The number of nitrogen functional groups attached to an aromatic ring is 1. The lowest BCUT2D eigenvalue weighted by Crippen LogP contribution is -2.06. The molecule has 0 radical (unpaired) electrons. The molecule has 0 aliphatic heterocycles. The van der Waals surface area contributed by atoms with Crippen molar-refractivity contribution in [2.24, 2.45) is 0 Å². The minimum absolute atomic E-state index is 0.147. The summed E-state index contributed by atoms with van der Waals surface area (Å²) in [6.45, 7) is 1.96. The van der Waals surface area contributed by atoms with Crippen LogP contribution in [-0.4, -0.2) is 11.1 Å². The summed E-state index contributed by atoms with van der Waals surface area (Å²) in [5.74, 6) is -1.02. The van der Waals surface area contributed by atoms with E-state index in [-0.39, 0.29) is 5.56 Å². The second kappa shape index (κ2) is 5.32. The number of rotatable bonds is 3. The Morgan fingerprint density at radius 3 is 2.74 bits per heavy atom. The van der Waals surface area contributed by atoms with Crippen molar-refractivity contribution in [3.05, 3.63) is 52.0 Å². The van der Waals surface area contributed by atoms with Gasteiger partial charge in [-0.2, -0.15) is 0 Å². The molecule has 5 heteroatoms. The van der Waals surface area contributed by atoms with E-state index in [4.69, 9.17) is 5.73 Å². The predicted molar refractivity (Wildman–Crippen MR) is 80.0 cm³/mol. The molecule has 4 N–H and O–H groups in total. The molecule has 0 atom stereocenters. The lowest BCUT2D eigenvalue weighted by Gasteiger charge is -2.14. The van der Waals surface area contributed by atoms with Gasteiger partial charge >= 0.3 is 5.97 Å². The first-order valence-electron chi connectivity index (χ1n) is 5.64. The molecule has 0 aliphatic carbocycles. The van der Waals surface area contributed by atoms with Crippen LogP contribution in [0.4, 0.5) is 17.1 Å². The largest absolute Gasteiger partial charge is 0.478 e. The van der Waals surface area contributed by atoms with Gasteiger partial charge in [0.25, 0.3) is 0 Å². The van der Waals surface area contributed by atoms with E-state index in [0.717, 1.165) is 15.7 Å². The number of benzene rings is 2. The van der Waals surface area contributed by atoms with Gasteiger partial charge < -0.3 is 16.2 Å². The molecule has 0 fully saturated rings. The maximum absolute atomic E-state index is 11.2. The van der Waals surface area contributed by atoms with E-state index in [1.54, 1.807) is 12.1 Å². The van der Waals surface area contributed by atoms with Crippen LogP contribution < -0.4 is 11.1 Å². The highest BCUT2D eigenvalue weighted by Crippen LogP contribution is 2.31. The van der Waals surface area contributed by atoms with Crippen LogP contribution in [0.25, 0.3) is 0 Å². The summed E-state index contributed by atoms with van der Waals surface area (Å²) in [6, 6.07) is 10.6. The molecule has 0 bridgehead atoms. The fourth-order valence-corrected chi connectivity index (χ4v) is 2.10. The SMILES string of the molecule is Cc1ccc(Br)c(Nc2c(N)cccc2C(=O)O)c1. The fraction of sp³-hybridized carbons (Fsp3) is 0.0714. The normalized spacial score (nSPS) is 10.2. The summed E-state index contributed by atoms with van der Waals surface area (Å²) in [5.41, 5.74) is 8.65. The molecular formula is C14H13BrN2O2. The average molecular weight is 321 g/mol. The second-order valence-corrected chi connectivity index (χ2v) is 5.04. The maximum Gasteiger partial charge on any atom is 0.337 e. The molecule has 0 unspecified atom stereocenters. The lowest BCUT2D eigenvalue weighted by atomic mass is 10.1. The van der Waals surface area contributed by atoms with Crippen LogP contribution in [0.2, 0.25) is 0 Å². The number of carbonyl (C=O) groups is 1. The smallest absolute Gasteiger partial charge is 0.337 e. The minimum atomic E-state index is -1.02. The molecule has 0 saturated heterocycles. The van der Waals surface area contributed by atoms with E-state index in [2.05, 4.69) is 21.2 Å². The van der Waals surface area contributed by atoms with E-state index >= 15 is 0 Å². The number of nitrogens with one attached hydrogen (secondary N) is 1. The number of hydrogen-bond donors (Lipinski definition) is 3. The number of aromatic carboxylic acids is 1. The summed E-state index contributed by atoms with van der Waals surface area (Å²) in [7, 11) is 0. The molecule has 0 amide bonds. The van der Waals surface area contributed by atoms with Crippen molar-refractivity contribution in [1.29, 1.82) is 0 Å². The molecule has 2 aromatic carbocycles. The lowest BCUT2D eigenvalue weighted by molar-refractivity contribution is 0.0698. The molecule has 98 valence electrons. The van der Waals surface area contributed by atoms with Gasteiger partial charge in [0.1, 0.15) is 0 Å². The number of nitrogens with two attached hydrogens (primary N) is 1. The number of aryl methyl sites for hydroxylation is 1. The molecular weight excluding hydrogens is 308 g/mol. The van der Waals surface area contributed by atoms with Crippen molar-refractivity contribution in [3.8, 4) is 0 Å². The fourth-order valence-electron chi connectivity index (χ4n) is 1.76. The third-order valence-electron chi connectivity index (χ3n) is 2.71. The Hall–Kier alpha value is -2.01. The Balaban J connectivity index is 2.49. The van der Waals surface area contributed by atoms with Crippen LogP contribution >= 0.6 is 15.9 Å². The third kappa shape index (κ3) is 2.88. The van der Waals surface area contributed by atoms with Gasteiger partial charge in [-0.1, -0.05) is 12.1 Å². The number of carboxylic acids is 1. The molecule has 0 aromatic heterocycles. The summed E-state index contributed by atoms with van der Waals surface area (Å²) in [5, 5.41) is 12.3. The number of anilines is 3. The van der Waals surface area contributed by atoms with Crippen molar-refractivity contribution >= 4 is 39.0 Å². The standard InChI is InChI=1S/C14H13BrN2O2/c1-8-5-6-10(15)12(7-8)17-13-9(14(18)19)3-2-4-11(13)16/h2-7,17H,16H2,1H3,(H,18,19). The molecule has 0 spiro atoms. The van der Waals surface area contributed by atoms with Gasteiger partial charge in [0, 0.05) is 4.47 Å². The zero-order chi connectivity index (χ0) is 14.0. The summed E-state index contributed by atoms with van der Waals surface area (Å²) in [6.07, 6.45) is 0. The quantitative estimate of drug-likeness (QED) is 0.752. The van der Waals surface area contributed by atoms with Gasteiger partial charge in [0.05, 0.1) is 22.6 Å². The topological polar surface area (TPSA) is 75.3 Å². The van der Waals surface area contributed by atoms with Crippen molar-refractivity contribution < 1.29 is 9.90 Å². The van der Waals surface area contributed by atoms with E-state index in [1.165, 1.54) is 6.07 Å². The molecule has 2 rings (SSSR count). The van der Waals surface area contributed by atoms with E-state index < -0.39 is 5.97 Å². The first-order valence-corrected chi connectivity index (χ1v) is 6.43. The molecule has 0 saturated carbocycles. The minimum Gasteiger partial charge on any atom is -0.478 e. The molecule has 0 heterocycles. The van der Waals surface area contributed by atoms with Gasteiger partial charge in [-0.15, -0.1) is 0 Å². The van der Waals surface area contributed by atoms with Gasteiger partial charge in [0.15, 0.2) is 0 Å². The molecule has 2 aromatic rings. The Labute approximate surface area is 119 Å². The number of para-hydroxylation sites is 1. The monoisotopic (exact) mass is 320 g/mol. The summed E-state index contributed by atoms with van der Waals surface area (Å²) >= 11 is 3.42. The van der Waals surface area contributed by atoms with Crippen molar-refractivity contribution in [2.75, 3.05) is 11.1 Å². The Morgan fingerprint density at radius 1 is 1.32 bits per heavy atom. The highest BCUT2D eigenvalue weighted by atomic mass is 79.9. The molecule has 0 aliphatic rings. The predicted octanol–water partition coefficient (Wildman–Crippen LogP) is 3.78. The van der Waals surface area contributed by atoms with Crippen molar-refractivity contribution in [3.63, 3.8) is 0 Å². The first kappa shape index (κ1) is 13.4. The van der Waals surface area contributed by atoms with E-state index in [9.17, 15) is 9.90 Å². The van der Waals surface area contributed by atoms with Gasteiger partial charge in [0.2, 0.25) is 0 Å². The summed E-state index contributed by atoms with van der Waals surface area (Å²) in [4.78, 5) is 11.2. The first-order chi connectivity index (χ1) is 8.99. The van der Waals surface area contributed by atoms with Gasteiger partial charge in [-0.25, -0.2) is 4.79 Å². The van der Waals surface area contributed by atoms with Crippen LogP contribution in [0.5, 0.6) is 0 Å². The van der Waals surface area contributed by atoms with Crippen LogP contribution in [0, 0.1) is 6.92 Å². The zero-order valence-corrected chi connectivity index (χ0v) is 11.9. The highest BCUT2D eigenvalue weighted by molar-refractivity contribution is 9.10. The van der Waals surface area contributed by atoms with Crippen molar-refractivity contribution in [2.45, 2.75) is 6.92 Å². The van der Waals surface area contributed by atoms with Crippen LogP contribution in [0.1, 0.15) is 15.9 Å². The van der Waals surface area contributed by atoms with Gasteiger partial charge in [-0.05, 0) is 52.7 Å². The number of halogens is 1. The average Bonchev–Trinajstić information content (AvgIpc) is 2.35. The van der Waals surface area contributed by atoms with E-state index in [0.29, 0.717) is 11.4 Å². The second-order valence-electron chi connectivity index (χ2n) is 4.18. The Kier molecular flexibility index (Phi) is 3.76. The van der Waals surface area contributed by atoms with E-state index in [1.807, 2.05) is 25.1 Å². The van der Waals surface area contributed by atoms with Gasteiger partial charge in [-0.3, -0.25) is 0 Å². The Morgan fingerprint density at radius 2 is 2.05 bits per heavy atom. The summed E-state index contributed by atoms with van der Waals surface area (Å²) < 4.78 is 0.845. The van der Waals surface area contributed by atoms with Crippen LogP contribution in [0.15, 0.2) is 40.9 Å². The third-order valence-corrected chi connectivity index (χ3v) is 3.40. The maximum atomic E-state index is 11.2. The van der Waals surface area contributed by atoms with Crippen molar-refractivity contribution in [1.82, 2.24) is 0 Å². The Bertz CT molecular complexity index is 641. The number of carboxylic acid groups (broad SMARTS) is 1. The molecule has 4 nitrogen and oxygen atoms in total. The molecule has 19 heavy (non-hydrogen) atoms. The highest BCUT2D eigenvalue weighted by Gasteiger charge is 2.13. The van der Waals surface area contributed by atoms with Crippen LogP contribution in [0.3, 0.4) is 0 Å². The zero-order valence-electron chi connectivity index (χ0n) is 10.3.